The molecule has 4 N–H and O–H groups in total. The highest BCUT2D eigenvalue weighted by molar-refractivity contribution is 6.03. The first-order chi connectivity index (χ1) is 13.8. The molecule has 1 spiro atoms. The maximum Gasteiger partial charge on any atom is 0.347 e. The SMILES string of the molecule is Nc1ccc2c(c1[N+](=O)[O-])C(=O)OC21c2ccc(O)cc2Oc2cc(O)ccc21. The molecule has 0 bridgehead atoms. The van der Waals surface area contributed by atoms with E-state index in [-0.39, 0.29) is 39.8 Å². The number of hydrogen-bond acceptors (Lipinski definition) is 8. The third-order valence-corrected chi connectivity index (χ3v) is 5.13. The first-order valence-corrected chi connectivity index (χ1v) is 8.48. The topological polar surface area (TPSA) is 145 Å². The van der Waals surface area contributed by atoms with Crippen molar-refractivity contribution in [1.29, 1.82) is 0 Å². The molecule has 0 fully saturated rings. The number of esters is 1. The zero-order chi connectivity index (χ0) is 20.5. The quantitative estimate of drug-likeness (QED) is 0.248. The van der Waals surface area contributed by atoms with Gasteiger partial charge < -0.3 is 25.4 Å². The van der Waals surface area contributed by atoms with E-state index < -0.39 is 22.2 Å². The van der Waals surface area contributed by atoms with Crippen molar-refractivity contribution in [3.05, 3.63) is 80.9 Å². The van der Waals surface area contributed by atoms with Gasteiger partial charge in [0.15, 0.2) is 5.60 Å². The fourth-order valence-corrected chi connectivity index (χ4v) is 3.99. The molecule has 144 valence electrons. The number of carbonyl (C=O) groups excluding carboxylic acids is 1. The average molecular weight is 392 g/mol. The molecule has 29 heavy (non-hydrogen) atoms. The number of phenols is 2. The molecule has 9 nitrogen and oxygen atoms in total. The summed E-state index contributed by atoms with van der Waals surface area (Å²) in [6.07, 6.45) is 0. The van der Waals surface area contributed by atoms with E-state index >= 15 is 0 Å². The van der Waals surface area contributed by atoms with E-state index in [0.29, 0.717) is 11.1 Å². The van der Waals surface area contributed by atoms with E-state index in [1.54, 1.807) is 0 Å². The average Bonchev–Trinajstić information content (AvgIpc) is 2.94. The highest BCUT2D eigenvalue weighted by Crippen LogP contribution is 2.58. The van der Waals surface area contributed by atoms with Crippen LogP contribution in [0.3, 0.4) is 0 Å². The normalized spacial score (nSPS) is 15.1. The van der Waals surface area contributed by atoms with Crippen LogP contribution in [0.15, 0.2) is 48.5 Å². The highest BCUT2D eigenvalue weighted by Gasteiger charge is 2.56. The fraction of sp³-hybridized carbons (Fsp3) is 0.0500. The van der Waals surface area contributed by atoms with Gasteiger partial charge in [0.2, 0.25) is 0 Å². The highest BCUT2D eigenvalue weighted by atomic mass is 16.6. The second-order valence-corrected chi connectivity index (χ2v) is 6.72. The molecule has 0 unspecified atom stereocenters. The van der Waals surface area contributed by atoms with Crippen molar-refractivity contribution in [1.82, 2.24) is 0 Å². The molecule has 0 radical (unpaired) electrons. The number of carbonyl (C=O) groups is 1. The number of nitrogens with zero attached hydrogens (tertiary/aromatic N) is 1. The molecule has 2 heterocycles. The van der Waals surface area contributed by atoms with Crippen LogP contribution in [-0.4, -0.2) is 21.1 Å². The van der Waals surface area contributed by atoms with Gasteiger partial charge in [-0.3, -0.25) is 10.1 Å². The monoisotopic (exact) mass is 392 g/mol. The van der Waals surface area contributed by atoms with Gasteiger partial charge in [-0.1, -0.05) is 6.07 Å². The van der Waals surface area contributed by atoms with Crippen LogP contribution >= 0.6 is 0 Å². The van der Waals surface area contributed by atoms with E-state index in [0.717, 1.165) is 0 Å². The summed E-state index contributed by atoms with van der Waals surface area (Å²) in [4.78, 5) is 23.7. The van der Waals surface area contributed by atoms with E-state index in [2.05, 4.69) is 0 Å². The summed E-state index contributed by atoms with van der Waals surface area (Å²) in [6.45, 7) is 0. The third kappa shape index (κ3) is 2.06. The number of benzene rings is 3. The number of ether oxygens (including phenoxy) is 2. The van der Waals surface area contributed by atoms with Crippen molar-refractivity contribution in [2.45, 2.75) is 5.60 Å². The number of phenolic OH excluding ortho intramolecular Hbond substituents is 2. The Morgan fingerprint density at radius 1 is 0.931 bits per heavy atom. The Morgan fingerprint density at radius 2 is 1.48 bits per heavy atom. The lowest BCUT2D eigenvalue weighted by Crippen LogP contribution is -2.32. The van der Waals surface area contributed by atoms with Crippen molar-refractivity contribution < 1.29 is 29.4 Å². The molecule has 2 aliphatic rings. The van der Waals surface area contributed by atoms with Gasteiger partial charge in [-0.2, -0.15) is 0 Å². The van der Waals surface area contributed by atoms with Gasteiger partial charge in [0, 0.05) is 28.8 Å². The van der Waals surface area contributed by atoms with Gasteiger partial charge in [-0.25, -0.2) is 4.79 Å². The number of nitrogens with two attached hydrogens (primary N) is 1. The van der Waals surface area contributed by atoms with Crippen molar-refractivity contribution >= 4 is 17.3 Å². The summed E-state index contributed by atoms with van der Waals surface area (Å²) < 4.78 is 11.6. The lowest BCUT2D eigenvalue weighted by atomic mass is 9.77. The van der Waals surface area contributed by atoms with Crippen LogP contribution in [0, 0.1) is 10.1 Å². The largest absolute Gasteiger partial charge is 0.508 e. The van der Waals surface area contributed by atoms with Crippen LogP contribution in [0.1, 0.15) is 27.0 Å². The number of anilines is 1. The Morgan fingerprint density at radius 3 is 2.03 bits per heavy atom. The maximum atomic E-state index is 12.8. The van der Waals surface area contributed by atoms with Gasteiger partial charge in [-0.05, 0) is 30.3 Å². The molecule has 0 aromatic heterocycles. The summed E-state index contributed by atoms with van der Waals surface area (Å²) in [5.41, 5.74) is 4.25. The second kappa shape index (κ2) is 5.38. The summed E-state index contributed by atoms with van der Waals surface area (Å²) in [6, 6.07) is 11.3. The Bertz CT molecular complexity index is 1200. The zero-order valence-electron chi connectivity index (χ0n) is 14.6. The second-order valence-electron chi connectivity index (χ2n) is 6.72. The minimum atomic E-state index is -1.56. The molecule has 9 heteroatoms. The minimum Gasteiger partial charge on any atom is -0.508 e. The lowest BCUT2D eigenvalue weighted by molar-refractivity contribution is -0.384. The van der Waals surface area contributed by atoms with Crippen molar-refractivity contribution in [2.24, 2.45) is 0 Å². The number of nitro groups is 1. The van der Waals surface area contributed by atoms with Crippen LogP contribution in [0.5, 0.6) is 23.0 Å². The Labute approximate surface area is 162 Å². The molecule has 0 saturated heterocycles. The molecule has 2 aliphatic heterocycles. The Balaban J connectivity index is 1.93. The van der Waals surface area contributed by atoms with Crippen LogP contribution in [0.4, 0.5) is 11.4 Å². The Kier molecular flexibility index (Phi) is 3.13. The van der Waals surface area contributed by atoms with Crippen LogP contribution in [0.25, 0.3) is 0 Å². The van der Waals surface area contributed by atoms with E-state index in [9.17, 15) is 25.1 Å². The fourth-order valence-electron chi connectivity index (χ4n) is 3.99. The zero-order valence-corrected chi connectivity index (χ0v) is 14.6. The van der Waals surface area contributed by atoms with Crippen molar-refractivity contribution in [3.63, 3.8) is 0 Å². The summed E-state index contributed by atoms with van der Waals surface area (Å²) in [7, 11) is 0. The van der Waals surface area contributed by atoms with E-state index in [1.807, 2.05) is 0 Å². The number of hydrogen-bond donors (Lipinski definition) is 3. The van der Waals surface area contributed by atoms with E-state index in [4.69, 9.17) is 15.2 Å². The predicted molar refractivity (Wildman–Crippen MR) is 99.1 cm³/mol. The van der Waals surface area contributed by atoms with Crippen molar-refractivity contribution in [3.8, 4) is 23.0 Å². The molecular weight excluding hydrogens is 380 g/mol. The van der Waals surface area contributed by atoms with Gasteiger partial charge in [-0.15, -0.1) is 0 Å². The third-order valence-electron chi connectivity index (χ3n) is 5.13. The van der Waals surface area contributed by atoms with Gasteiger partial charge in [0.1, 0.15) is 34.2 Å². The molecule has 0 saturated carbocycles. The molecule has 5 rings (SSSR count). The number of nitrogen functional groups attached to an aromatic ring is 1. The lowest BCUT2D eigenvalue weighted by Gasteiger charge is -2.36. The first-order valence-electron chi connectivity index (χ1n) is 8.48. The summed E-state index contributed by atoms with van der Waals surface area (Å²) in [5.74, 6) is -0.712. The first kappa shape index (κ1) is 16.9. The molecular formula is C20H12N2O7. The molecule has 3 aromatic carbocycles. The van der Waals surface area contributed by atoms with E-state index in [1.165, 1.54) is 48.5 Å². The molecule has 0 amide bonds. The maximum absolute atomic E-state index is 12.8. The summed E-state index contributed by atoms with van der Waals surface area (Å²) in [5, 5.41) is 31.4. The van der Waals surface area contributed by atoms with Gasteiger partial charge in [0.05, 0.1) is 4.92 Å². The van der Waals surface area contributed by atoms with Crippen LogP contribution in [0.2, 0.25) is 0 Å². The Hall–Kier alpha value is -4.27. The standard InChI is InChI=1S/C20H12N2O7/c21-14-6-5-13-17(18(14)22(26)27)19(25)29-20(13)11-3-1-9(23)7-15(11)28-16-8-10(24)2-4-12(16)20/h1-8,23-24H,21H2. The summed E-state index contributed by atoms with van der Waals surface area (Å²) >= 11 is 0. The predicted octanol–water partition coefficient (Wildman–Crippen LogP) is 3.16. The number of nitro benzene ring substituents is 1. The molecule has 0 aliphatic carbocycles. The van der Waals surface area contributed by atoms with Gasteiger partial charge in [0.25, 0.3) is 0 Å². The van der Waals surface area contributed by atoms with Crippen LogP contribution < -0.4 is 10.5 Å². The number of fused-ring (bicyclic) bond motifs is 6. The van der Waals surface area contributed by atoms with Crippen molar-refractivity contribution in [2.75, 3.05) is 5.73 Å². The number of rotatable bonds is 1. The number of aromatic hydroxyl groups is 2. The smallest absolute Gasteiger partial charge is 0.347 e. The molecule has 3 aromatic rings. The van der Waals surface area contributed by atoms with Crippen LogP contribution in [-0.2, 0) is 10.3 Å². The van der Waals surface area contributed by atoms with Gasteiger partial charge >= 0.3 is 11.7 Å². The molecule has 0 atom stereocenters. The minimum absolute atomic E-state index is 0.0877.